The minimum absolute atomic E-state index is 0.0266. The summed E-state index contributed by atoms with van der Waals surface area (Å²) in [5.74, 6) is -0.654. The fourth-order valence-electron chi connectivity index (χ4n) is 2.65. The zero-order chi connectivity index (χ0) is 14.7. The predicted molar refractivity (Wildman–Crippen MR) is 73.3 cm³/mol. The van der Waals surface area contributed by atoms with Gasteiger partial charge in [-0.1, -0.05) is 13.0 Å². The number of piperidine rings is 1. The predicted octanol–water partition coefficient (Wildman–Crippen LogP) is 2.07. The molecule has 1 aromatic carbocycles. The lowest BCUT2D eigenvalue weighted by Gasteiger charge is -2.36. The van der Waals surface area contributed by atoms with E-state index >= 15 is 0 Å². The molecule has 1 N–H and O–H groups in total. The van der Waals surface area contributed by atoms with Crippen molar-refractivity contribution < 1.29 is 19.0 Å². The molecule has 0 aromatic heterocycles. The van der Waals surface area contributed by atoms with Gasteiger partial charge in [0.15, 0.2) is 0 Å². The first-order valence-corrected chi connectivity index (χ1v) is 6.88. The van der Waals surface area contributed by atoms with E-state index in [1.807, 2.05) is 6.92 Å². The van der Waals surface area contributed by atoms with Crippen molar-refractivity contribution >= 4 is 5.91 Å². The molecule has 4 nitrogen and oxygen atoms in total. The lowest BCUT2D eigenvalue weighted by atomic mass is 9.92. The first kappa shape index (κ1) is 14.8. The van der Waals surface area contributed by atoms with E-state index in [0.717, 1.165) is 6.42 Å². The smallest absolute Gasteiger partial charge is 0.260 e. The Balaban J connectivity index is 2.24. The molecule has 2 rings (SSSR count). The van der Waals surface area contributed by atoms with E-state index in [1.54, 1.807) is 11.0 Å². The molecule has 1 fully saturated rings. The molecule has 20 heavy (non-hydrogen) atoms. The minimum atomic E-state index is -0.575. The number of carbonyl (C=O) groups is 1. The maximum absolute atomic E-state index is 13.9. The van der Waals surface area contributed by atoms with Crippen LogP contribution in [-0.2, 0) is 0 Å². The van der Waals surface area contributed by atoms with E-state index in [0.29, 0.717) is 19.5 Å². The van der Waals surface area contributed by atoms with Crippen LogP contribution in [0, 0.1) is 11.7 Å². The third-order valence-electron chi connectivity index (χ3n) is 3.91. The van der Waals surface area contributed by atoms with Crippen LogP contribution < -0.4 is 4.74 Å². The Morgan fingerprint density at radius 2 is 2.30 bits per heavy atom. The average molecular weight is 281 g/mol. The fraction of sp³-hybridized carbons (Fsp3) is 0.533. The van der Waals surface area contributed by atoms with E-state index in [4.69, 9.17) is 4.74 Å². The summed E-state index contributed by atoms with van der Waals surface area (Å²) in [6.45, 7) is 2.87. The van der Waals surface area contributed by atoms with Gasteiger partial charge in [0.25, 0.3) is 5.91 Å². The fourth-order valence-corrected chi connectivity index (χ4v) is 2.65. The molecule has 0 radical (unpaired) electrons. The first-order valence-electron chi connectivity index (χ1n) is 6.88. The highest BCUT2D eigenvalue weighted by molar-refractivity contribution is 5.97. The molecule has 0 bridgehead atoms. The van der Waals surface area contributed by atoms with Crippen molar-refractivity contribution in [1.82, 2.24) is 4.90 Å². The SMILES string of the molecule is CCC1CN(C(=O)c2c(F)cccc2OC)CCC1O. The standard InChI is InChI=1S/C15H20FNO3/c1-3-10-9-17(8-7-12(10)18)15(19)14-11(16)5-4-6-13(14)20-2/h4-6,10,12,18H,3,7-9H2,1-2H3. The summed E-state index contributed by atoms with van der Waals surface area (Å²) in [6, 6.07) is 4.35. The van der Waals surface area contributed by atoms with E-state index in [1.165, 1.54) is 19.2 Å². The minimum Gasteiger partial charge on any atom is -0.496 e. The number of hydrogen-bond donors (Lipinski definition) is 1. The lowest BCUT2D eigenvalue weighted by Crippen LogP contribution is -2.46. The van der Waals surface area contributed by atoms with Crippen LogP contribution in [0.5, 0.6) is 5.75 Å². The summed E-state index contributed by atoms with van der Waals surface area (Å²) in [5.41, 5.74) is -0.0266. The zero-order valence-corrected chi connectivity index (χ0v) is 11.8. The van der Waals surface area contributed by atoms with Gasteiger partial charge in [0, 0.05) is 19.0 Å². The lowest BCUT2D eigenvalue weighted by molar-refractivity contribution is 0.0225. The van der Waals surface area contributed by atoms with Gasteiger partial charge in [0.05, 0.1) is 13.2 Å². The van der Waals surface area contributed by atoms with Gasteiger partial charge in [0.2, 0.25) is 0 Å². The summed E-state index contributed by atoms with van der Waals surface area (Å²) >= 11 is 0. The van der Waals surface area contributed by atoms with Gasteiger partial charge in [-0.2, -0.15) is 0 Å². The molecule has 0 aliphatic carbocycles. The van der Waals surface area contributed by atoms with E-state index in [2.05, 4.69) is 0 Å². The molecule has 2 atom stereocenters. The summed E-state index contributed by atoms with van der Waals surface area (Å²) in [4.78, 5) is 14.1. The number of benzene rings is 1. The van der Waals surface area contributed by atoms with Crippen molar-refractivity contribution in [2.45, 2.75) is 25.9 Å². The summed E-state index contributed by atoms with van der Waals surface area (Å²) < 4.78 is 19.0. The Kier molecular flexibility index (Phi) is 4.60. The summed E-state index contributed by atoms with van der Waals surface area (Å²) in [6.07, 6.45) is 0.937. The topological polar surface area (TPSA) is 49.8 Å². The molecule has 1 amide bonds. The normalized spacial score (nSPS) is 22.7. The van der Waals surface area contributed by atoms with Crippen molar-refractivity contribution in [1.29, 1.82) is 0 Å². The van der Waals surface area contributed by atoms with Crippen LogP contribution in [0.15, 0.2) is 18.2 Å². The molecular formula is C15H20FNO3. The molecule has 1 saturated heterocycles. The van der Waals surface area contributed by atoms with Gasteiger partial charge in [-0.3, -0.25) is 4.79 Å². The van der Waals surface area contributed by atoms with Crippen LogP contribution in [0.25, 0.3) is 0 Å². The van der Waals surface area contributed by atoms with Crippen LogP contribution in [0.2, 0.25) is 0 Å². The molecule has 1 aliphatic rings. The maximum atomic E-state index is 13.9. The number of aliphatic hydroxyl groups is 1. The highest BCUT2D eigenvalue weighted by atomic mass is 19.1. The van der Waals surface area contributed by atoms with Gasteiger partial charge < -0.3 is 14.7 Å². The molecular weight excluding hydrogens is 261 g/mol. The Morgan fingerprint density at radius 1 is 1.55 bits per heavy atom. The third-order valence-corrected chi connectivity index (χ3v) is 3.91. The van der Waals surface area contributed by atoms with Crippen molar-refractivity contribution in [3.63, 3.8) is 0 Å². The Hall–Kier alpha value is -1.62. The molecule has 0 spiro atoms. The van der Waals surface area contributed by atoms with Crippen LogP contribution in [0.3, 0.4) is 0 Å². The molecule has 1 aliphatic heterocycles. The highest BCUT2D eigenvalue weighted by Crippen LogP contribution is 2.26. The van der Waals surface area contributed by atoms with Crippen molar-refractivity contribution in [2.75, 3.05) is 20.2 Å². The first-order chi connectivity index (χ1) is 9.58. The van der Waals surface area contributed by atoms with Crippen molar-refractivity contribution in [2.24, 2.45) is 5.92 Å². The molecule has 0 saturated carbocycles. The number of ether oxygens (including phenoxy) is 1. The Bertz CT molecular complexity index is 492. The molecule has 5 heteroatoms. The third kappa shape index (κ3) is 2.77. The second-order valence-electron chi connectivity index (χ2n) is 5.09. The molecule has 1 heterocycles. The van der Waals surface area contributed by atoms with Gasteiger partial charge in [-0.05, 0) is 25.0 Å². The number of likely N-dealkylation sites (tertiary alicyclic amines) is 1. The van der Waals surface area contributed by atoms with Crippen LogP contribution in [0.4, 0.5) is 4.39 Å². The van der Waals surface area contributed by atoms with E-state index in [9.17, 15) is 14.3 Å². The van der Waals surface area contributed by atoms with Crippen LogP contribution in [0.1, 0.15) is 30.1 Å². The number of carbonyl (C=O) groups excluding carboxylic acids is 1. The summed E-state index contributed by atoms with van der Waals surface area (Å²) in [7, 11) is 1.42. The van der Waals surface area contributed by atoms with Gasteiger partial charge in [-0.25, -0.2) is 4.39 Å². The van der Waals surface area contributed by atoms with Crippen LogP contribution >= 0.6 is 0 Å². The Morgan fingerprint density at radius 3 is 2.95 bits per heavy atom. The second-order valence-corrected chi connectivity index (χ2v) is 5.09. The highest BCUT2D eigenvalue weighted by Gasteiger charge is 2.31. The molecule has 1 aromatic rings. The van der Waals surface area contributed by atoms with Crippen molar-refractivity contribution in [3.8, 4) is 5.75 Å². The largest absolute Gasteiger partial charge is 0.496 e. The number of hydrogen-bond acceptors (Lipinski definition) is 3. The van der Waals surface area contributed by atoms with Gasteiger partial charge in [-0.15, -0.1) is 0 Å². The number of halogens is 1. The second kappa shape index (κ2) is 6.22. The van der Waals surface area contributed by atoms with E-state index in [-0.39, 0.29) is 29.2 Å². The van der Waals surface area contributed by atoms with Crippen molar-refractivity contribution in [3.05, 3.63) is 29.6 Å². The number of amides is 1. The average Bonchev–Trinajstić information content (AvgIpc) is 2.46. The van der Waals surface area contributed by atoms with Gasteiger partial charge in [0.1, 0.15) is 17.1 Å². The number of aliphatic hydroxyl groups excluding tert-OH is 1. The van der Waals surface area contributed by atoms with Gasteiger partial charge >= 0.3 is 0 Å². The number of rotatable bonds is 3. The van der Waals surface area contributed by atoms with Crippen LogP contribution in [-0.4, -0.2) is 42.2 Å². The summed E-state index contributed by atoms with van der Waals surface area (Å²) in [5, 5.41) is 9.86. The number of nitrogens with zero attached hydrogens (tertiary/aromatic N) is 1. The molecule has 2 unspecified atom stereocenters. The van der Waals surface area contributed by atoms with E-state index < -0.39 is 5.82 Å². The zero-order valence-electron chi connectivity index (χ0n) is 11.8. The maximum Gasteiger partial charge on any atom is 0.260 e. The molecule has 110 valence electrons. The Labute approximate surface area is 118 Å². The number of methoxy groups -OCH3 is 1. The monoisotopic (exact) mass is 281 g/mol. The quantitative estimate of drug-likeness (QED) is 0.922.